The minimum atomic E-state index is -0.535. The molecule has 4 heteroatoms. The predicted molar refractivity (Wildman–Crippen MR) is 68.5 cm³/mol. The molecular formula is C14H21F2NO. The summed E-state index contributed by atoms with van der Waals surface area (Å²) in [6.45, 7) is 4.71. The summed E-state index contributed by atoms with van der Waals surface area (Å²) in [6, 6.07) is 3.62. The van der Waals surface area contributed by atoms with Crippen molar-refractivity contribution in [3.63, 3.8) is 0 Å². The van der Waals surface area contributed by atoms with Gasteiger partial charge < -0.3 is 10.1 Å². The van der Waals surface area contributed by atoms with Crippen molar-refractivity contribution in [3.8, 4) is 0 Å². The monoisotopic (exact) mass is 257 g/mol. The number of rotatable bonds is 7. The second kappa shape index (κ2) is 7.44. The molecule has 102 valence electrons. The van der Waals surface area contributed by atoms with Crippen molar-refractivity contribution in [2.24, 2.45) is 0 Å². The van der Waals surface area contributed by atoms with Gasteiger partial charge in [-0.15, -0.1) is 0 Å². The van der Waals surface area contributed by atoms with E-state index in [4.69, 9.17) is 4.74 Å². The van der Waals surface area contributed by atoms with Crippen LogP contribution in [0.1, 0.15) is 38.3 Å². The van der Waals surface area contributed by atoms with E-state index in [1.54, 1.807) is 7.11 Å². The Bertz CT molecular complexity index is 351. The van der Waals surface area contributed by atoms with Gasteiger partial charge in [0, 0.05) is 19.2 Å². The van der Waals surface area contributed by atoms with Gasteiger partial charge in [0.25, 0.3) is 0 Å². The van der Waals surface area contributed by atoms with Crippen molar-refractivity contribution in [1.29, 1.82) is 0 Å². The summed E-state index contributed by atoms with van der Waals surface area (Å²) in [5.41, 5.74) is 0.651. The molecule has 1 aromatic carbocycles. The molecule has 1 rings (SSSR count). The Labute approximate surface area is 107 Å². The zero-order chi connectivity index (χ0) is 13.5. The Balaban J connectivity index is 2.76. The molecule has 0 radical (unpaired) electrons. The van der Waals surface area contributed by atoms with E-state index in [0.29, 0.717) is 5.56 Å². The maximum absolute atomic E-state index is 13.2. The third-order valence-corrected chi connectivity index (χ3v) is 3.00. The lowest BCUT2D eigenvalue weighted by Gasteiger charge is -2.20. The molecule has 0 fully saturated rings. The Hall–Kier alpha value is -1.00. The fraction of sp³-hybridized carbons (Fsp3) is 0.571. The second-order valence-corrected chi connectivity index (χ2v) is 4.44. The largest absolute Gasteiger partial charge is 0.382 e. The minimum absolute atomic E-state index is 0.0437. The maximum atomic E-state index is 13.2. The summed E-state index contributed by atoms with van der Waals surface area (Å²) >= 11 is 0. The first kappa shape index (κ1) is 15.1. The normalized spacial score (nSPS) is 14.5. The van der Waals surface area contributed by atoms with E-state index in [1.165, 1.54) is 12.1 Å². The molecule has 1 N–H and O–H groups in total. The first-order valence-electron chi connectivity index (χ1n) is 6.29. The average Bonchev–Trinajstić information content (AvgIpc) is 2.32. The molecule has 0 saturated heterocycles. The van der Waals surface area contributed by atoms with Crippen LogP contribution in [0.15, 0.2) is 18.2 Å². The highest BCUT2D eigenvalue weighted by molar-refractivity contribution is 5.21. The van der Waals surface area contributed by atoms with Crippen LogP contribution in [0.25, 0.3) is 0 Å². The lowest BCUT2D eigenvalue weighted by molar-refractivity contribution is 0.106. The molecule has 0 spiro atoms. The van der Waals surface area contributed by atoms with Gasteiger partial charge in [0.05, 0.1) is 6.10 Å². The van der Waals surface area contributed by atoms with Crippen LogP contribution in [0, 0.1) is 11.6 Å². The SMILES string of the molecule is CCNC(CCC(C)OC)c1cc(F)cc(F)c1. The van der Waals surface area contributed by atoms with Crippen LogP contribution in [-0.2, 0) is 4.74 Å². The van der Waals surface area contributed by atoms with Gasteiger partial charge in [0.15, 0.2) is 0 Å². The molecule has 2 nitrogen and oxygen atoms in total. The Morgan fingerprint density at radius 1 is 1.17 bits per heavy atom. The lowest BCUT2D eigenvalue weighted by atomic mass is 10.00. The summed E-state index contributed by atoms with van der Waals surface area (Å²) in [6.07, 6.45) is 1.77. The highest BCUT2D eigenvalue weighted by atomic mass is 19.1. The van der Waals surface area contributed by atoms with Crippen LogP contribution >= 0.6 is 0 Å². The minimum Gasteiger partial charge on any atom is -0.382 e. The standard InChI is InChI=1S/C14H21F2NO/c1-4-17-14(6-5-10(2)18-3)11-7-12(15)9-13(16)8-11/h7-10,14,17H,4-6H2,1-3H3. The van der Waals surface area contributed by atoms with Crippen molar-refractivity contribution in [3.05, 3.63) is 35.4 Å². The number of benzene rings is 1. The summed E-state index contributed by atoms with van der Waals surface area (Å²) in [4.78, 5) is 0. The lowest BCUT2D eigenvalue weighted by Crippen LogP contribution is -2.22. The van der Waals surface area contributed by atoms with Crippen molar-refractivity contribution in [2.75, 3.05) is 13.7 Å². The van der Waals surface area contributed by atoms with Gasteiger partial charge >= 0.3 is 0 Å². The van der Waals surface area contributed by atoms with E-state index < -0.39 is 11.6 Å². The van der Waals surface area contributed by atoms with Crippen LogP contribution in [0.5, 0.6) is 0 Å². The molecule has 0 aliphatic heterocycles. The Kier molecular flexibility index (Phi) is 6.22. The number of nitrogens with one attached hydrogen (secondary N) is 1. The van der Waals surface area contributed by atoms with Gasteiger partial charge in [-0.3, -0.25) is 0 Å². The molecule has 0 saturated carbocycles. The van der Waals surface area contributed by atoms with Gasteiger partial charge in [0.1, 0.15) is 11.6 Å². The Morgan fingerprint density at radius 3 is 2.28 bits per heavy atom. The number of ether oxygens (including phenoxy) is 1. The fourth-order valence-electron chi connectivity index (χ4n) is 1.93. The summed E-state index contributed by atoms with van der Waals surface area (Å²) in [7, 11) is 1.66. The van der Waals surface area contributed by atoms with Gasteiger partial charge in [-0.2, -0.15) is 0 Å². The fourth-order valence-corrected chi connectivity index (χ4v) is 1.93. The average molecular weight is 257 g/mol. The van der Waals surface area contributed by atoms with Crippen LogP contribution in [0.2, 0.25) is 0 Å². The molecule has 0 heterocycles. The predicted octanol–water partition coefficient (Wildman–Crippen LogP) is 3.43. The zero-order valence-corrected chi connectivity index (χ0v) is 11.2. The summed E-state index contributed by atoms with van der Waals surface area (Å²) < 4.78 is 31.6. The molecule has 0 bridgehead atoms. The first-order valence-corrected chi connectivity index (χ1v) is 6.29. The molecule has 0 amide bonds. The van der Waals surface area contributed by atoms with Crippen LogP contribution in [-0.4, -0.2) is 19.8 Å². The van der Waals surface area contributed by atoms with Gasteiger partial charge in [-0.1, -0.05) is 6.92 Å². The van der Waals surface area contributed by atoms with E-state index in [-0.39, 0.29) is 12.1 Å². The molecule has 0 aliphatic carbocycles. The molecule has 2 unspecified atom stereocenters. The number of hydrogen-bond donors (Lipinski definition) is 1. The highest BCUT2D eigenvalue weighted by Crippen LogP contribution is 2.22. The number of halogens is 2. The van der Waals surface area contributed by atoms with Crippen LogP contribution in [0.4, 0.5) is 8.78 Å². The van der Waals surface area contributed by atoms with Gasteiger partial charge in [0.2, 0.25) is 0 Å². The van der Waals surface area contributed by atoms with Crippen LogP contribution in [0.3, 0.4) is 0 Å². The van der Waals surface area contributed by atoms with Crippen molar-refractivity contribution < 1.29 is 13.5 Å². The summed E-state index contributed by atoms with van der Waals surface area (Å²) in [5, 5.41) is 3.24. The van der Waals surface area contributed by atoms with Crippen LogP contribution < -0.4 is 5.32 Å². The quantitative estimate of drug-likeness (QED) is 0.808. The number of methoxy groups -OCH3 is 1. The Morgan fingerprint density at radius 2 is 1.78 bits per heavy atom. The third-order valence-electron chi connectivity index (χ3n) is 3.00. The van der Waals surface area contributed by atoms with Crippen molar-refractivity contribution in [1.82, 2.24) is 5.32 Å². The van der Waals surface area contributed by atoms with Gasteiger partial charge in [-0.05, 0) is 44.0 Å². The molecular weight excluding hydrogens is 236 g/mol. The summed E-state index contributed by atoms with van der Waals surface area (Å²) in [5.74, 6) is -1.07. The first-order chi connectivity index (χ1) is 8.56. The zero-order valence-electron chi connectivity index (χ0n) is 11.2. The smallest absolute Gasteiger partial charge is 0.126 e. The molecule has 18 heavy (non-hydrogen) atoms. The van der Waals surface area contributed by atoms with Gasteiger partial charge in [-0.25, -0.2) is 8.78 Å². The van der Waals surface area contributed by atoms with E-state index in [9.17, 15) is 8.78 Å². The molecule has 1 aromatic rings. The van der Waals surface area contributed by atoms with E-state index >= 15 is 0 Å². The number of hydrogen-bond acceptors (Lipinski definition) is 2. The van der Waals surface area contributed by atoms with Crippen molar-refractivity contribution in [2.45, 2.75) is 38.8 Å². The molecule has 0 aromatic heterocycles. The van der Waals surface area contributed by atoms with E-state index in [0.717, 1.165) is 25.5 Å². The maximum Gasteiger partial charge on any atom is 0.126 e. The van der Waals surface area contributed by atoms with E-state index in [2.05, 4.69) is 5.32 Å². The van der Waals surface area contributed by atoms with E-state index in [1.807, 2.05) is 13.8 Å². The van der Waals surface area contributed by atoms with Crippen molar-refractivity contribution >= 4 is 0 Å². The topological polar surface area (TPSA) is 21.3 Å². The molecule has 0 aliphatic rings. The molecule has 2 atom stereocenters. The highest BCUT2D eigenvalue weighted by Gasteiger charge is 2.14. The third kappa shape index (κ3) is 4.70. The second-order valence-electron chi connectivity index (χ2n) is 4.44.